The number of ether oxygens (including phenoxy) is 1. The number of anilines is 1. The van der Waals surface area contributed by atoms with E-state index in [0.717, 1.165) is 31.6 Å². The summed E-state index contributed by atoms with van der Waals surface area (Å²) in [7, 11) is 1.59. The van der Waals surface area contributed by atoms with Gasteiger partial charge in [0.25, 0.3) is 0 Å². The average molecular weight is 513 g/mol. The number of carbonyl (C=O) groups is 2. The minimum Gasteiger partial charge on any atom is -0.495 e. The van der Waals surface area contributed by atoms with Gasteiger partial charge in [0.2, 0.25) is 5.91 Å². The molecule has 2 saturated heterocycles. The van der Waals surface area contributed by atoms with Gasteiger partial charge in [-0.15, -0.1) is 0 Å². The zero-order valence-electron chi connectivity index (χ0n) is 22.0. The van der Waals surface area contributed by atoms with Crippen molar-refractivity contribution >= 4 is 17.6 Å². The lowest BCUT2D eigenvalue weighted by Gasteiger charge is -2.41. The van der Waals surface area contributed by atoms with Gasteiger partial charge in [0.15, 0.2) is 0 Å². The first-order chi connectivity index (χ1) is 18.6. The van der Waals surface area contributed by atoms with Crippen LogP contribution < -0.4 is 10.1 Å². The van der Waals surface area contributed by atoms with Crippen LogP contribution in [0.25, 0.3) is 0 Å². The topological polar surface area (TPSA) is 65.1 Å². The molecule has 0 aliphatic carbocycles. The van der Waals surface area contributed by atoms with Crippen molar-refractivity contribution in [3.63, 3.8) is 0 Å². The summed E-state index contributed by atoms with van der Waals surface area (Å²) in [5.41, 5.74) is 3.08. The summed E-state index contributed by atoms with van der Waals surface area (Å²) in [5.74, 6) is 0.623. The molecule has 0 saturated carbocycles. The highest BCUT2D eigenvalue weighted by Gasteiger charge is 2.37. The third kappa shape index (κ3) is 6.17. The number of nitrogens with one attached hydrogen (secondary N) is 1. The van der Waals surface area contributed by atoms with E-state index >= 15 is 0 Å². The maximum absolute atomic E-state index is 13.8. The fraction of sp³-hybridized carbons (Fsp3) is 0.355. The lowest BCUT2D eigenvalue weighted by molar-refractivity contribution is -0.139. The zero-order valence-corrected chi connectivity index (χ0v) is 22.0. The van der Waals surface area contributed by atoms with E-state index in [4.69, 9.17) is 4.74 Å². The van der Waals surface area contributed by atoms with E-state index in [9.17, 15) is 9.59 Å². The number of nitrogens with zero attached hydrogens (tertiary/aromatic N) is 3. The van der Waals surface area contributed by atoms with Gasteiger partial charge in [0.05, 0.1) is 18.7 Å². The predicted molar refractivity (Wildman–Crippen MR) is 149 cm³/mol. The molecule has 2 heterocycles. The highest BCUT2D eigenvalue weighted by molar-refractivity contribution is 5.91. The second kappa shape index (κ2) is 12.1. The van der Waals surface area contributed by atoms with Gasteiger partial charge in [-0.1, -0.05) is 72.8 Å². The minimum atomic E-state index is -0.238. The van der Waals surface area contributed by atoms with Crippen molar-refractivity contribution < 1.29 is 14.3 Å². The lowest BCUT2D eigenvalue weighted by atomic mass is 9.84. The standard InChI is InChI=1S/C31H36N4O3/c1-38-29-15-9-8-14-28(29)32-31(37)35-22-26(25-12-6-3-7-13-25)20-27(23-35)30(36)34-18-16-33(17-19-34)21-24-10-4-2-5-11-24/h2-15,26-27H,16-23H2,1H3,(H,32,37). The van der Waals surface area contributed by atoms with Gasteiger partial charge < -0.3 is 19.9 Å². The molecule has 0 aromatic heterocycles. The number of likely N-dealkylation sites (tertiary alicyclic amines) is 1. The number of para-hydroxylation sites is 2. The smallest absolute Gasteiger partial charge is 0.321 e. The molecule has 2 unspecified atom stereocenters. The largest absolute Gasteiger partial charge is 0.495 e. The first-order valence-electron chi connectivity index (χ1n) is 13.4. The quantitative estimate of drug-likeness (QED) is 0.521. The van der Waals surface area contributed by atoms with Crippen molar-refractivity contribution in [1.29, 1.82) is 0 Å². The molecule has 0 bridgehead atoms. The Morgan fingerprint density at radius 2 is 1.47 bits per heavy atom. The fourth-order valence-electron chi connectivity index (χ4n) is 5.58. The summed E-state index contributed by atoms with van der Waals surface area (Å²) < 4.78 is 5.41. The number of benzene rings is 3. The van der Waals surface area contributed by atoms with Gasteiger partial charge in [-0.3, -0.25) is 9.69 Å². The Balaban J connectivity index is 1.26. The molecule has 5 rings (SSSR count). The van der Waals surface area contributed by atoms with Crippen LogP contribution in [0.1, 0.15) is 23.5 Å². The van der Waals surface area contributed by atoms with Crippen LogP contribution in [-0.4, -0.2) is 73.0 Å². The first kappa shape index (κ1) is 25.8. The number of amides is 3. The van der Waals surface area contributed by atoms with Crippen LogP contribution in [0.2, 0.25) is 0 Å². The Morgan fingerprint density at radius 1 is 0.816 bits per heavy atom. The monoisotopic (exact) mass is 512 g/mol. The molecule has 7 heteroatoms. The Morgan fingerprint density at radius 3 is 2.18 bits per heavy atom. The van der Waals surface area contributed by atoms with Crippen molar-refractivity contribution in [2.45, 2.75) is 18.9 Å². The summed E-state index contributed by atoms with van der Waals surface area (Å²) in [6.45, 7) is 5.02. The molecule has 2 atom stereocenters. The lowest BCUT2D eigenvalue weighted by Crippen LogP contribution is -2.54. The molecular weight excluding hydrogens is 476 g/mol. The van der Waals surface area contributed by atoms with E-state index in [2.05, 4.69) is 46.6 Å². The predicted octanol–water partition coefficient (Wildman–Crippen LogP) is 4.68. The summed E-state index contributed by atoms with van der Waals surface area (Å²) in [5, 5.41) is 3.00. The molecule has 0 radical (unpaired) electrons. The minimum absolute atomic E-state index is 0.0988. The van der Waals surface area contributed by atoms with Gasteiger partial charge in [0.1, 0.15) is 5.75 Å². The summed E-state index contributed by atoms with van der Waals surface area (Å²) in [6, 6.07) is 27.9. The van der Waals surface area contributed by atoms with E-state index in [1.165, 1.54) is 5.56 Å². The van der Waals surface area contributed by atoms with E-state index in [-0.39, 0.29) is 23.8 Å². The SMILES string of the molecule is COc1ccccc1NC(=O)N1CC(C(=O)N2CCN(Cc3ccccc3)CC2)CC(c2ccccc2)C1. The molecular formula is C31H36N4O3. The fourth-order valence-corrected chi connectivity index (χ4v) is 5.58. The second-order valence-corrected chi connectivity index (χ2v) is 10.2. The molecule has 2 aliphatic heterocycles. The number of urea groups is 1. The van der Waals surface area contributed by atoms with Crippen LogP contribution in [0, 0.1) is 5.92 Å². The molecule has 0 spiro atoms. The van der Waals surface area contributed by atoms with Crippen LogP contribution in [0.5, 0.6) is 5.75 Å². The van der Waals surface area contributed by atoms with Gasteiger partial charge in [0, 0.05) is 51.7 Å². The number of rotatable bonds is 6. The molecule has 3 aromatic carbocycles. The van der Waals surface area contributed by atoms with Crippen molar-refractivity contribution in [3.8, 4) is 5.75 Å². The maximum Gasteiger partial charge on any atom is 0.321 e. The van der Waals surface area contributed by atoms with Crippen LogP contribution in [0.3, 0.4) is 0 Å². The first-order valence-corrected chi connectivity index (χ1v) is 13.4. The number of piperazine rings is 1. The molecule has 3 aromatic rings. The maximum atomic E-state index is 13.8. The van der Waals surface area contributed by atoms with E-state index in [0.29, 0.717) is 37.6 Å². The van der Waals surface area contributed by atoms with Gasteiger partial charge >= 0.3 is 6.03 Å². The third-order valence-corrected chi connectivity index (χ3v) is 7.64. The summed E-state index contributed by atoms with van der Waals surface area (Å²) in [6.07, 6.45) is 0.742. The molecule has 3 amide bonds. The zero-order chi connectivity index (χ0) is 26.3. The van der Waals surface area contributed by atoms with E-state index in [1.807, 2.05) is 53.4 Å². The number of hydrogen-bond donors (Lipinski definition) is 1. The number of carbonyl (C=O) groups excluding carboxylic acids is 2. The third-order valence-electron chi connectivity index (χ3n) is 7.64. The van der Waals surface area contributed by atoms with Crippen molar-refractivity contribution in [1.82, 2.24) is 14.7 Å². The van der Waals surface area contributed by atoms with E-state index < -0.39 is 0 Å². The number of methoxy groups -OCH3 is 1. The van der Waals surface area contributed by atoms with Gasteiger partial charge in [-0.05, 0) is 29.7 Å². The molecule has 2 aliphatic rings. The molecule has 2 fully saturated rings. The van der Waals surface area contributed by atoms with Gasteiger partial charge in [-0.2, -0.15) is 0 Å². The van der Waals surface area contributed by atoms with Crippen molar-refractivity contribution in [3.05, 3.63) is 96.1 Å². The second-order valence-electron chi connectivity index (χ2n) is 10.2. The normalized spacial score (nSPS) is 20.1. The van der Waals surface area contributed by atoms with Gasteiger partial charge in [-0.25, -0.2) is 4.79 Å². The van der Waals surface area contributed by atoms with Crippen LogP contribution in [0.4, 0.5) is 10.5 Å². The summed E-state index contributed by atoms with van der Waals surface area (Å²) in [4.78, 5) is 33.3. The Bertz CT molecular complexity index is 1210. The molecule has 7 nitrogen and oxygen atoms in total. The Hall–Kier alpha value is -3.84. The molecule has 1 N–H and O–H groups in total. The van der Waals surface area contributed by atoms with Crippen molar-refractivity contribution in [2.24, 2.45) is 5.92 Å². The summed E-state index contributed by atoms with van der Waals surface area (Å²) >= 11 is 0. The van der Waals surface area contributed by atoms with E-state index in [1.54, 1.807) is 12.0 Å². The number of piperidine rings is 1. The Kier molecular flexibility index (Phi) is 8.24. The average Bonchev–Trinajstić information content (AvgIpc) is 2.98. The highest BCUT2D eigenvalue weighted by Crippen LogP contribution is 2.32. The van der Waals surface area contributed by atoms with Crippen LogP contribution >= 0.6 is 0 Å². The van der Waals surface area contributed by atoms with Crippen molar-refractivity contribution in [2.75, 3.05) is 51.7 Å². The number of hydrogen-bond acceptors (Lipinski definition) is 4. The molecule has 198 valence electrons. The molecule has 38 heavy (non-hydrogen) atoms. The highest BCUT2D eigenvalue weighted by atomic mass is 16.5. The van der Waals surface area contributed by atoms with Crippen LogP contribution in [0.15, 0.2) is 84.9 Å². The van der Waals surface area contributed by atoms with Crippen LogP contribution in [-0.2, 0) is 11.3 Å². The Labute approximate surface area is 225 Å².